The van der Waals surface area contributed by atoms with Gasteiger partial charge in [0.1, 0.15) is 0 Å². The first-order chi connectivity index (χ1) is 15.3. The average Bonchev–Trinajstić information content (AvgIpc) is 3.02. The van der Waals surface area contributed by atoms with E-state index in [0.717, 1.165) is 16.6 Å². The van der Waals surface area contributed by atoms with Crippen molar-refractivity contribution in [1.82, 2.24) is 18.4 Å². The molecule has 0 atom stereocenters. The summed E-state index contributed by atoms with van der Waals surface area (Å²) in [5, 5.41) is 1.62. The predicted molar refractivity (Wildman–Crippen MR) is 126 cm³/mol. The molecule has 3 heterocycles. The van der Waals surface area contributed by atoms with Crippen LogP contribution in [0.2, 0.25) is 5.02 Å². The third-order valence-electron chi connectivity index (χ3n) is 6.14. The molecule has 1 aliphatic heterocycles. The second-order valence-corrected chi connectivity index (χ2v) is 10.3. The number of sulfonamides is 1. The molecule has 10 heteroatoms. The number of hydrogen-bond donors (Lipinski definition) is 0. The Morgan fingerprint density at radius 2 is 1.62 bits per heavy atom. The molecule has 0 aliphatic carbocycles. The van der Waals surface area contributed by atoms with Gasteiger partial charge in [0.05, 0.1) is 21.4 Å². The standard InChI is InChI=1S/C22H22ClN5O3S/c1-25-20-6-4-16(14-21(20)26(2)22(25)29)32(30,31)28-11-9-27(10-12-28)19-7-8-24-18-13-15(23)3-5-17(18)19/h3-8,13-14H,9-12H2,1-2H3. The Bertz CT molecular complexity index is 1520. The van der Waals surface area contributed by atoms with Crippen molar-refractivity contribution in [3.05, 3.63) is 64.2 Å². The van der Waals surface area contributed by atoms with Gasteiger partial charge in [0.2, 0.25) is 10.0 Å². The van der Waals surface area contributed by atoms with Crippen LogP contribution >= 0.6 is 11.6 Å². The Hall–Kier alpha value is -2.88. The summed E-state index contributed by atoms with van der Waals surface area (Å²) in [4.78, 5) is 18.9. The van der Waals surface area contributed by atoms with Crippen LogP contribution in [-0.2, 0) is 24.1 Å². The molecule has 1 aliphatic rings. The zero-order valence-electron chi connectivity index (χ0n) is 17.7. The smallest absolute Gasteiger partial charge is 0.328 e. The number of halogens is 1. The first kappa shape index (κ1) is 21.0. The molecule has 1 fully saturated rings. The largest absolute Gasteiger partial charge is 0.368 e. The summed E-state index contributed by atoms with van der Waals surface area (Å²) in [6, 6.07) is 12.4. The van der Waals surface area contributed by atoms with Crippen LogP contribution < -0.4 is 10.6 Å². The number of rotatable bonds is 3. The van der Waals surface area contributed by atoms with Crippen LogP contribution in [0.1, 0.15) is 0 Å². The highest BCUT2D eigenvalue weighted by Crippen LogP contribution is 2.29. The number of anilines is 1. The Balaban J connectivity index is 1.41. The van der Waals surface area contributed by atoms with Crippen LogP contribution in [-0.4, -0.2) is 53.0 Å². The van der Waals surface area contributed by atoms with E-state index in [9.17, 15) is 13.2 Å². The number of hydrogen-bond acceptors (Lipinski definition) is 5. The lowest BCUT2D eigenvalue weighted by atomic mass is 10.1. The van der Waals surface area contributed by atoms with Crippen LogP contribution in [0.3, 0.4) is 0 Å². The SMILES string of the molecule is Cn1c(=O)n(C)c2cc(S(=O)(=O)N3CCN(c4ccnc5cc(Cl)ccc45)CC3)ccc21. The molecule has 2 aromatic heterocycles. The fraction of sp³-hybridized carbons (Fsp3) is 0.273. The molecule has 0 saturated carbocycles. The molecule has 8 nitrogen and oxygen atoms in total. The molecule has 0 unspecified atom stereocenters. The van der Waals surface area contributed by atoms with Gasteiger partial charge < -0.3 is 4.90 Å². The molecular weight excluding hydrogens is 450 g/mol. The lowest BCUT2D eigenvalue weighted by Gasteiger charge is -2.35. The van der Waals surface area contributed by atoms with Gasteiger partial charge in [-0.2, -0.15) is 4.31 Å². The Morgan fingerprint density at radius 1 is 0.906 bits per heavy atom. The number of pyridine rings is 1. The number of piperazine rings is 1. The van der Waals surface area contributed by atoms with Crippen LogP contribution in [0.5, 0.6) is 0 Å². The summed E-state index contributed by atoms with van der Waals surface area (Å²) in [5.41, 5.74) is 2.94. The van der Waals surface area contributed by atoms with Gasteiger partial charge in [0.25, 0.3) is 0 Å². The van der Waals surface area contributed by atoms with E-state index < -0.39 is 10.0 Å². The van der Waals surface area contributed by atoms with Gasteiger partial charge in [-0.15, -0.1) is 0 Å². The number of benzene rings is 2. The summed E-state index contributed by atoms with van der Waals surface area (Å²) in [6.07, 6.45) is 1.75. The summed E-state index contributed by atoms with van der Waals surface area (Å²) in [5.74, 6) is 0. The highest BCUT2D eigenvalue weighted by molar-refractivity contribution is 7.89. The molecule has 0 radical (unpaired) electrons. The quantitative estimate of drug-likeness (QED) is 0.459. The van der Waals surface area contributed by atoms with E-state index in [4.69, 9.17) is 11.6 Å². The topological polar surface area (TPSA) is 80.4 Å². The van der Waals surface area contributed by atoms with Crippen LogP contribution in [0, 0.1) is 0 Å². The van der Waals surface area contributed by atoms with Crippen LogP contribution in [0.15, 0.2) is 58.4 Å². The van der Waals surface area contributed by atoms with Gasteiger partial charge in [-0.05, 0) is 42.5 Å². The molecule has 5 rings (SSSR count). The first-order valence-corrected chi connectivity index (χ1v) is 12.0. The average molecular weight is 472 g/mol. The van der Waals surface area contributed by atoms with Crippen molar-refractivity contribution < 1.29 is 8.42 Å². The molecule has 1 saturated heterocycles. The number of aryl methyl sites for hydroxylation is 2. The molecule has 0 spiro atoms. The number of fused-ring (bicyclic) bond motifs is 2. The van der Waals surface area contributed by atoms with Crippen molar-refractivity contribution in [1.29, 1.82) is 0 Å². The highest BCUT2D eigenvalue weighted by Gasteiger charge is 2.29. The normalized spacial score (nSPS) is 15.7. The van der Waals surface area contributed by atoms with Crippen molar-refractivity contribution in [3.63, 3.8) is 0 Å². The van der Waals surface area contributed by atoms with Crippen molar-refractivity contribution >= 4 is 49.2 Å². The van der Waals surface area contributed by atoms with Crippen molar-refractivity contribution in [3.8, 4) is 0 Å². The highest BCUT2D eigenvalue weighted by atomic mass is 35.5. The molecule has 0 N–H and O–H groups in total. The van der Waals surface area contributed by atoms with Gasteiger partial charge in [0.15, 0.2) is 0 Å². The minimum atomic E-state index is -3.68. The fourth-order valence-corrected chi connectivity index (χ4v) is 5.96. The minimum Gasteiger partial charge on any atom is -0.368 e. The van der Waals surface area contributed by atoms with Crippen molar-refractivity contribution in [2.24, 2.45) is 14.1 Å². The maximum atomic E-state index is 13.3. The van der Waals surface area contributed by atoms with Gasteiger partial charge in [-0.25, -0.2) is 13.2 Å². The molecule has 0 bridgehead atoms. The zero-order valence-corrected chi connectivity index (χ0v) is 19.3. The minimum absolute atomic E-state index is 0.186. The van der Waals surface area contributed by atoms with Crippen molar-refractivity contribution in [2.45, 2.75) is 4.90 Å². The maximum absolute atomic E-state index is 13.3. The fourth-order valence-electron chi connectivity index (χ4n) is 4.35. The van der Waals surface area contributed by atoms with E-state index >= 15 is 0 Å². The Kier molecular flexibility index (Phi) is 4.99. The van der Waals surface area contributed by atoms with Crippen LogP contribution in [0.4, 0.5) is 5.69 Å². The van der Waals surface area contributed by atoms with E-state index in [0.29, 0.717) is 42.2 Å². The third kappa shape index (κ3) is 3.28. The van der Waals surface area contributed by atoms with Gasteiger partial charge in [-0.1, -0.05) is 11.6 Å². The molecule has 0 amide bonds. The van der Waals surface area contributed by atoms with E-state index in [1.54, 1.807) is 38.5 Å². The van der Waals surface area contributed by atoms with E-state index in [2.05, 4.69) is 9.88 Å². The lowest BCUT2D eigenvalue weighted by molar-refractivity contribution is 0.385. The Labute approximate surface area is 190 Å². The van der Waals surface area contributed by atoms with E-state index in [-0.39, 0.29) is 10.6 Å². The molecule has 4 aromatic rings. The number of imidazole rings is 1. The summed E-state index contributed by atoms with van der Waals surface area (Å²) >= 11 is 6.09. The second kappa shape index (κ2) is 7.61. The van der Waals surface area contributed by atoms with Gasteiger partial charge >= 0.3 is 5.69 Å². The van der Waals surface area contributed by atoms with E-state index in [1.165, 1.54) is 13.4 Å². The molecule has 166 valence electrons. The second-order valence-electron chi connectivity index (χ2n) is 7.93. The number of nitrogens with zero attached hydrogens (tertiary/aromatic N) is 5. The number of aromatic nitrogens is 3. The third-order valence-corrected chi connectivity index (χ3v) is 8.27. The lowest BCUT2D eigenvalue weighted by Crippen LogP contribution is -2.48. The molecule has 32 heavy (non-hydrogen) atoms. The molecular formula is C22H22ClN5O3S. The summed E-state index contributed by atoms with van der Waals surface area (Å²) in [7, 11) is -0.355. The van der Waals surface area contributed by atoms with Gasteiger partial charge in [-0.3, -0.25) is 14.1 Å². The first-order valence-electron chi connectivity index (χ1n) is 10.2. The Morgan fingerprint density at radius 3 is 2.38 bits per heavy atom. The van der Waals surface area contributed by atoms with Crippen molar-refractivity contribution in [2.75, 3.05) is 31.1 Å². The summed E-state index contributed by atoms with van der Waals surface area (Å²) in [6.45, 7) is 1.86. The monoisotopic (exact) mass is 471 g/mol. The van der Waals surface area contributed by atoms with Crippen LogP contribution in [0.25, 0.3) is 21.9 Å². The van der Waals surface area contributed by atoms with Gasteiger partial charge in [0, 0.05) is 62.6 Å². The maximum Gasteiger partial charge on any atom is 0.328 e. The summed E-state index contributed by atoms with van der Waals surface area (Å²) < 4.78 is 31.1. The zero-order chi connectivity index (χ0) is 22.6. The predicted octanol–water partition coefficient (Wildman–Crippen LogP) is 2.59. The van der Waals surface area contributed by atoms with E-state index in [1.807, 2.05) is 24.3 Å². The molecule has 2 aromatic carbocycles.